The zero-order chi connectivity index (χ0) is 20.2. The molecule has 3 N–H and O–H groups in total. The van der Waals surface area contributed by atoms with Crippen molar-refractivity contribution in [2.24, 2.45) is 10.9 Å². The van der Waals surface area contributed by atoms with Crippen LogP contribution in [-0.2, 0) is 4.74 Å². The first-order valence-corrected chi connectivity index (χ1v) is 10.3. The van der Waals surface area contributed by atoms with Crippen LogP contribution in [0.2, 0.25) is 0 Å². The molecule has 0 saturated carbocycles. The molecule has 0 aliphatic carbocycles. The number of ether oxygens (including phenoxy) is 1. The normalized spacial score (nSPS) is 16.8. The van der Waals surface area contributed by atoms with Crippen LogP contribution in [-0.4, -0.2) is 75.3 Å². The summed E-state index contributed by atoms with van der Waals surface area (Å²) < 4.78 is 10.6. The molecule has 1 aromatic heterocycles. The molecule has 1 unspecified atom stereocenters. The molecule has 2 heterocycles. The van der Waals surface area contributed by atoms with E-state index in [4.69, 9.17) is 14.1 Å². The van der Waals surface area contributed by atoms with Crippen LogP contribution in [0.3, 0.4) is 0 Å². The van der Waals surface area contributed by atoms with Crippen molar-refractivity contribution in [2.45, 2.75) is 33.2 Å². The molecule has 1 atom stereocenters. The Kier molecular flexibility index (Phi) is 9.85. The summed E-state index contributed by atoms with van der Waals surface area (Å²) in [5, 5.41) is 9.38. The second-order valence-electron chi connectivity index (χ2n) is 7.31. The molecule has 8 nitrogen and oxygen atoms in total. The van der Waals surface area contributed by atoms with E-state index in [-0.39, 0.29) is 5.91 Å². The Morgan fingerprint density at radius 3 is 2.61 bits per heavy atom. The Morgan fingerprint density at radius 2 is 1.96 bits per heavy atom. The molecule has 1 aliphatic rings. The van der Waals surface area contributed by atoms with Crippen LogP contribution in [0.4, 0.5) is 0 Å². The second-order valence-corrected chi connectivity index (χ2v) is 7.31. The third-order valence-electron chi connectivity index (χ3n) is 4.56. The van der Waals surface area contributed by atoms with Crippen molar-refractivity contribution in [2.75, 3.05) is 52.5 Å². The van der Waals surface area contributed by atoms with Gasteiger partial charge in [-0.15, -0.1) is 0 Å². The zero-order valence-electron chi connectivity index (χ0n) is 17.4. The van der Waals surface area contributed by atoms with Gasteiger partial charge in [0.2, 0.25) is 0 Å². The predicted octanol–water partition coefficient (Wildman–Crippen LogP) is 1.31. The largest absolute Gasteiger partial charge is 0.459 e. The maximum Gasteiger partial charge on any atom is 0.287 e. The highest BCUT2D eigenvalue weighted by Crippen LogP contribution is 2.14. The van der Waals surface area contributed by atoms with Gasteiger partial charge in [0.15, 0.2) is 11.7 Å². The van der Waals surface area contributed by atoms with Crippen molar-refractivity contribution in [3.8, 4) is 0 Å². The Labute approximate surface area is 168 Å². The van der Waals surface area contributed by atoms with Gasteiger partial charge < -0.3 is 25.1 Å². The molecule has 0 spiro atoms. The lowest BCUT2D eigenvalue weighted by molar-refractivity contribution is 0.0143. The fraction of sp³-hybridized carbons (Fsp3) is 0.700. The predicted molar refractivity (Wildman–Crippen MR) is 111 cm³/mol. The minimum absolute atomic E-state index is 0.210. The fourth-order valence-corrected chi connectivity index (χ4v) is 3.22. The number of morpholine rings is 1. The van der Waals surface area contributed by atoms with E-state index >= 15 is 0 Å². The summed E-state index contributed by atoms with van der Waals surface area (Å²) in [6.07, 6.45) is 2.60. The molecule has 28 heavy (non-hydrogen) atoms. The zero-order valence-corrected chi connectivity index (χ0v) is 17.4. The van der Waals surface area contributed by atoms with Crippen molar-refractivity contribution in [3.63, 3.8) is 0 Å². The highest BCUT2D eigenvalue weighted by molar-refractivity contribution is 5.91. The van der Waals surface area contributed by atoms with E-state index in [1.54, 1.807) is 12.1 Å². The molecule has 158 valence electrons. The third-order valence-corrected chi connectivity index (χ3v) is 4.56. The highest BCUT2D eigenvalue weighted by atomic mass is 16.5. The van der Waals surface area contributed by atoms with Gasteiger partial charge in [0, 0.05) is 38.8 Å². The first kappa shape index (κ1) is 22.2. The van der Waals surface area contributed by atoms with Gasteiger partial charge in [-0.3, -0.25) is 14.7 Å². The highest BCUT2D eigenvalue weighted by Gasteiger charge is 2.21. The second kappa shape index (κ2) is 12.4. The molecule has 0 aromatic carbocycles. The van der Waals surface area contributed by atoms with E-state index in [0.29, 0.717) is 30.8 Å². The molecule has 1 aliphatic heterocycles. The number of hydrogen-bond donors (Lipinski definition) is 3. The van der Waals surface area contributed by atoms with Crippen LogP contribution in [0.5, 0.6) is 0 Å². The quantitative estimate of drug-likeness (QED) is 0.315. The average molecular weight is 394 g/mol. The smallest absolute Gasteiger partial charge is 0.287 e. The van der Waals surface area contributed by atoms with Gasteiger partial charge in [0.1, 0.15) is 0 Å². The van der Waals surface area contributed by atoms with Gasteiger partial charge in [0.05, 0.1) is 26.0 Å². The third kappa shape index (κ3) is 7.90. The van der Waals surface area contributed by atoms with Crippen molar-refractivity contribution in [3.05, 3.63) is 24.2 Å². The van der Waals surface area contributed by atoms with E-state index in [0.717, 1.165) is 51.8 Å². The van der Waals surface area contributed by atoms with Gasteiger partial charge in [-0.1, -0.05) is 13.8 Å². The number of amides is 1. The standard InChI is InChI=1S/C20H35N5O3/c1-4-21-20(23-8-7-22-19(26)18-6-5-11-28-18)24-15-17(14-16(2)3)25-9-12-27-13-10-25/h5-6,11,16-17H,4,7-10,12-15H2,1-3H3,(H,22,26)(H2,21,23,24). The molecule has 0 radical (unpaired) electrons. The number of rotatable bonds is 10. The molecular formula is C20H35N5O3. The Balaban J connectivity index is 1.81. The molecule has 1 saturated heterocycles. The van der Waals surface area contributed by atoms with Crippen LogP contribution in [0.25, 0.3) is 0 Å². The summed E-state index contributed by atoms with van der Waals surface area (Å²) in [6.45, 7) is 12.7. The number of guanidine groups is 1. The van der Waals surface area contributed by atoms with Crippen LogP contribution >= 0.6 is 0 Å². The fourth-order valence-electron chi connectivity index (χ4n) is 3.22. The van der Waals surface area contributed by atoms with E-state index in [2.05, 4.69) is 34.7 Å². The number of nitrogens with one attached hydrogen (secondary N) is 3. The van der Waals surface area contributed by atoms with Gasteiger partial charge >= 0.3 is 0 Å². The number of nitrogens with zero attached hydrogens (tertiary/aromatic N) is 2. The van der Waals surface area contributed by atoms with Gasteiger partial charge in [0.25, 0.3) is 5.91 Å². The van der Waals surface area contributed by atoms with Gasteiger partial charge in [-0.2, -0.15) is 0 Å². The van der Waals surface area contributed by atoms with E-state index in [1.165, 1.54) is 6.26 Å². The minimum atomic E-state index is -0.210. The lowest BCUT2D eigenvalue weighted by Gasteiger charge is -2.34. The lowest BCUT2D eigenvalue weighted by Crippen LogP contribution is -2.47. The van der Waals surface area contributed by atoms with Crippen LogP contribution in [0.15, 0.2) is 27.8 Å². The number of furan rings is 1. The molecule has 1 fully saturated rings. The monoisotopic (exact) mass is 393 g/mol. The van der Waals surface area contributed by atoms with Crippen molar-refractivity contribution < 1.29 is 13.9 Å². The molecule has 8 heteroatoms. The number of carbonyl (C=O) groups excluding carboxylic acids is 1. The van der Waals surface area contributed by atoms with Crippen LogP contribution in [0, 0.1) is 5.92 Å². The summed E-state index contributed by atoms with van der Waals surface area (Å²) in [6, 6.07) is 3.76. The maximum absolute atomic E-state index is 11.9. The van der Waals surface area contributed by atoms with Gasteiger partial charge in [-0.25, -0.2) is 0 Å². The molecule has 1 amide bonds. The van der Waals surface area contributed by atoms with Crippen molar-refractivity contribution in [1.82, 2.24) is 20.9 Å². The number of aliphatic imine (C=N–C) groups is 1. The Morgan fingerprint density at radius 1 is 1.21 bits per heavy atom. The maximum atomic E-state index is 11.9. The Hall–Kier alpha value is -2.06. The first-order chi connectivity index (χ1) is 13.6. The summed E-state index contributed by atoms with van der Waals surface area (Å²) in [4.78, 5) is 19.2. The van der Waals surface area contributed by atoms with Crippen LogP contribution in [0.1, 0.15) is 37.7 Å². The van der Waals surface area contributed by atoms with Crippen LogP contribution < -0.4 is 16.0 Å². The van der Waals surface area contributed by atoms with Crippen molar-refractivity contribution in [1.29, 1.82) is 0 Å². The summed E-state index contributed by atoms with van der Waals surface area (Å²) in [7, 11) is 0. The Bertz CT molecular complexity index is 583. The molecule has 0 bridgehead atoms. The van der Waals surface area contributed by atoms with Gasteiger partial charge in [-0.05, 0) is 31.4 Å². The molecule has 2 rings (SSSR count). The molecular weight excluding hydrogens is 358 g/mol. The summed E-state index contributed by atoms with van der Waals surface area (Å²) in [5.41, 5.74) is 0. The number of carbonyl (C=O) groups is 1. The molecule has 1 aromatic rings. The average Bonchev–Trinajstić information content (AvgIpc) is 3.23. The van der Waals surface area contributed by atoms with Crippen molar-refractivity contribution >= 4 is 11.9 Å². The SMILES string of the molecule is CCNC(=NCC(CC(C)C)N1CCOCC1)NCCNC(=O)c1ccco1. The first-order valence-electron chi connectivity index (χ1n) is 10.3. The van der Waals surface area contributed by atoms with E-state index < -0.39 is 0 Å². The minimum Gasteiger partial charge on any atom is -0.459 e. The van der Waals surface area contributed by atoms with E-state index in [1.807, 2.05) is 6.92 Å². The topological polar surface area (TPSA) is 91.1 Å². The lowest BCUT2D eigenvalue weighted by atomic mass is 10.0. The summed E-state index contributed by atoms with van der Waals surface area (Å²) in [5.74, 6) is 1.51. The van der Waals surface area contributed by atoms with E-state index in [9.17, 15) is 4.79 Å². The summed E-state index contributed by atoms with van der Waals surface area (Å²) >= 11 is 0. The number of hydrogen-bond acceptors (Lipinski definition) is 5.